The molecule has 2 nitrogen and oxygen atoms in total. The molecule has 10 heavy (non-hydrogen) atoms. The summed E-state index contributed by atoms with van der Waals surface area (Å²) in [6.07, 6.45) is 3.63. The Kier molecular flexibility index (Phi) is 2.30. The van der Waals surface area contributed by atoms with Gasteiger partial charge in [0.1, 0.15) is 0 Å². The zero-order valence-electron chi connectivity index (χ0n) is 6.80. The number of nitrogens with zero attached hydrogens (tertiary/aromatic N) is 1. The monoisotopic (exact) mass is 140 g/mol. The zero-order chi connectivity index (χ0) is 7.56. The number of hydrogen-bond donors (Lipinski definition) is 1. The molecule has 1 rings (SSSR count). The Morgan fingerprint density at radius 2 is 2.20 bits per heavy atom. The van der Waals surface area contributed by atoms with Gasteiger partial charge in [0.15, 0.2) is 0 Å². The summed E-state index contributed by atoms with van der Waals surface area (Å²) in [5, 5.41) is 3.78. The van der Waals surface area contributed by atoms with E-state index in [0.29, 0.717) is 5.92 Å². The van der Waals surface area contributed by atoms with Crippen LogP contribution < -0.4 is 5.84 Å². The van der Waals surface area contributed by atoms with Crippen LogP contribution in [-0.4, -0.2) is 5.71 Å². The third kappa shape index (κ3) is 1.49. The lowest BCUT2D eigenvalue weighted by molar-refractivity contribution is 0.420. The molecule has 58 valence electrons. The maximum atomic E-state index is 5.23. The Bertz CT molecular complexity index is 140. The molecule has 1 aliphatic rings. The molecule has 0 radical (unpaired) electrons. The van der Waals surface area contributed by atoms with Crippen molar-refractivity contribution in [3.63, 3.8) is 0 Å². The molecule has 0 amide bonds. The lowest BCUT2D eigenvalue weighted by Gasteiger charge is -2.24. The highest BCUT2D eigenvalue weighted by molar-refractivity contribution is 5.86. The molecule has 0 heterocycles. The van der Waals surface area contributed by atoms with Gasteiger partial charge in [-0.25, -0.2) is 0 Å². The average molecular weight is 140 g/mol. The van der Waals surface area contributed by atoms with Crippen molar-refractivity contribution in [1.29, 1.82) is 0 Å². The summed E-state index contributed by atoms with van der Waals surface area (Å²) in [6, 6.07) is 0. The highest BCUT2D eigenvalue weighted by atomic mass is 15.1. The molecule has 2 N–H and O–H groups in total. The number of hydrazone groups is 1. The third-order valence-corrected chi connectivity index (χ3v) is 2.38. The number of hydrogen-bond acceptors (Lipinski definition) is 2. The van der Waals surface area contributed by atoms with E-state index in [0.717, 1.165) is 12.3 Å². The first-order valence-corrected chi connectivity index (χ1v) is 4.00. The molecule has 0 aliphatic heterocycles. The largest absolute Gasteiger partial charge is 0.323 e. The van der Waals surface area contributed by atoms with Gasteiger partial charge >= 0.3 is 0 Å². The SMILES string of the molecule is CC1CC/C(=N/N)C(C)C1. The number of rotatable bonds is 0. The highest BCUT2D eigenvalue weighted by Gasteiger charge is 2.20. The molecular weight excluding hydrogens is 124 g/mol. The van der Waals surface area contributed by atoms with Crippen LogP contribution in [0.3, 0.4) is 0 Å². The van der Waals surface area contributed by atoms with Crippen LogP contribution in [0.5, 0.6) is 0 Å². The minimum atomic E-state index is 0.619. The molecule has 1 fully saturated rings. The standard InChI is InChI=1S/C8H16N2/c1-6-3-4-8(10-9)7(2)5-6/h6-7H,3-5,9H2,1-2H3/b10-8-. The summed E-state index contributed by atoms with van der Waals surface area (Å²) in [4.78, 5) is 0. The van der Waals surface area contributed by atoms with Crippen LogP contribution in [0.4, 0.5) is 0 Å². The van der Waals surface area contributed by atoms with Crippen molar-refractivity contribution in [2.45, 2.75) is 33.1 Å². The van der Waals surface area contributed by atoms with E-state index < -0.39 is 0 Å². The maximum absolute atomic E-state index is 5.23. The Labute approximate surface area is 62.5 Å². The summed E-state index contributed by atoms with van der Waals surface area (Å²) in [7, 11) is 0. The normalized spacial score (nSPS) is 38.4. The predicted octanol–water partition coefficient (Wildman–Crippen LogP) is 1.76. The molecular formula is C8H16N2. The Morgan fingerprint density at radius 3 is 2.70 bits per heavy atom. The van der Waals surface area contributed by atoms with Gasteiger partial charge in [0.25, 0.3) is 0 Å². The predicted molar refractivity (Wildman–Crippen MR) is 43.8 cm³/mol. The summed E-state index contributed by atoms with van der Waals surface area (Å²) in [6.45, 7) is 4.51. The third-order valence-electron chi connectivity index (χ3n) is 2.38. The number of nitrogens with two attached hydrogens (primary N) is 1. The minimum Gasteiger partial charge on any atom is -0.323 e. The van der Waals surface area contributed by atoms with Crippen LogP contribution in [0.25, 0.3) is 0 Å². The fraction of sp³-hybridized carbons (Fsp3) is 0.875. The first-order chi connectivity index (χ1) is 4.74. The van der Waals surface area contributed by atoms with Gasteiger partial charge in [0.05, 0.1) is 0 Å². The van der Waals surface area contributed by atoms with Gasteiger partial charge in [-0.1, -0.05) is 13.8 Å². The van der Waals surface area contributed by atoms with E-state index >= 15 is 0 Å². The lowest BCUT2D eigenvalue weighted by atomic mass is 9.82. The zero-order valence-corrected chi connectivity index (χ0v) is 6.80. The van der Waals surface area contributed by atoms with Gasteiger partial charge in [-0.3, -0.25) is 0 Å². The van der Waals surface area contributed by atoms with Crippen LogP contribution in [0.1, 0.15) is 33.1 Å². The summed E-state index contributed by atoms with van der Waals surface area (Å²) >= 11 is 0. The molecule has 0 aromatic carbocycles. The van der Waals surface area contributed by atoms with Gasteiger partial charge in [0, 0.05) is 5.71 Å². The van der Waals surface area contributed by atoms with Crippen molar-refractivity contribution < 1.29 is 0 Å². The van der Waals surface area contributed by atoms with Crippen molar-refractivity contribution in [2.24, 2.45) is 22.8 Å². The second-order valence-electron chi connectivity index (χ2n) is 3.40. The van der Waals surface area contributed by atoms with Gasteiger partial charge in [-0.2, -0.15) is 5.10 Å². The van der Waals surface area contributed by atoms with Crippen molar-refractivity contribution in [3.05, 3.63) is 0 Å². The van der Waals surface area contributed by atoms with E-state index in [-0.39, 0.29) is 0 Å². The quantitative estimate of drug-likeness (QED) is 0.404. The molecule has 0 bridgehead atoms. The summed E-state index contributed by atoms with van der Waals surface area (Å²) in [5.74, 6) is 6.71. The van der Waals surface area contributed by atoms with E-state index in [1.54, 1.807) is 0 Å². The van der Waals surface area contributed by atoms with Crippen molar-refractivity contribution in [3.8, 4) is 0 Å². The molecule has 0 saturated heterocycles. The van der Waals surface area contributed by atoms with Gasteiger partial charge in [-0.15, -0.1) is 0 Å². The first-order valence-electron chi connectivity index (χ1n) is 4.00. The summed E-state index contributed by atoms with van der Waals surface area (Å²) < 4.78 is 0. The van der Waals surface area contributed by atoms with E-state index in [1.807, 2.05) is 0 Å². The maximum Gasteiger partial charge on any atom is 0.0404 e. The van der Waals surface area contributed by atoms with Gasteiger partial charge in [0.2, 0.25) is 0 Å². The molecule has 0 aromatic heterocycles. The van der Waals surface area contributed by atoms with Crippen LogP contribution in [0.15, 0.2) is 5.10 Å². The Morgan fingerprint density at radius 1 is 1.50 bits per heavy atom. The average Bonchev–Trinajstić information content (AvgIpc) is 1.88. The Hall–Kier alpha value is -0.530. The smallest absolute Gasteiger partial charge is 0.0404 e. The topological polar surface area (TPSA) is 38.4 Å². The van der Waals surface area contributed by atoms with Gasteiger partial charge in [-0.05, 0) is 31.1 Å². The Balaban J connectivity index is 2.52. The molecule has 1 aliphatic carbocycles. The molecule has 0 spiro atoms. The second kappa shape index (κ2) is 3.04. The second-order valence-corrected chi connectivity index (χ2v) is 3.40. The lowest BCUT2D eigenvalue weighted by Crippen LogP contribution is -2.22. The fourth-order valence-corrected chi connectivity index (χ4v) is 1.69. The van der Waals surface area contributed by atoms with E-state index in [1.165, 1.54) is 18.6 Å². The first kappa shape index (κ1) is 7.58. The van der Waals surface area contributed by atoms with Crippen molar-refractivity contribution >= 4 is 5.71 Å². The van der Waals surface area contributed by atoms with Crippen LogP contribution in [0.2, 0.25) is 0 Å². The van der Waals surface area contributed by atoms with Gasteiger partial charge < -0.3 is 5.84 Å². The van der Waals surface area contributed by atoms with Crippen molar-refractivity contribution in [1.82, 2.24) is 0 Å². The summed E-state index contributed by atoms with van der Waals surface area (Å²) in [5.41, 5.74) is 1.21. The minimum absolute atomic E-state index is 0.619. The van der Waals surface area contributed by atoms with E-state index in [9.17, 15) is 0 Å². The van der Waals surface area contributed by atoms with Crippen molar-refractivity contribution in [2.75, 3.05) is 0 Å². The van der Waals surface area contributed by atoms with E-state index in [4.69, 9.17) is 5.84 Å². The highest BCUT2D eigenvalue weighted by Crippen LogP contribution is 2.25. The fourth-order valence-electron chi connectivity index (χ4n) is 1.69. The molecule has 2 heteroatoms. The molecule has 2 atom stereocenters. The van der Waals surface area contributed by atoms with Crippen LogP contribution >= 0.6 is 0 Å². The van der Waals surface area contributed by atoms with Crippen LogP contribution in [-0.2, 0) is 0 Å². The molecule has 2 unspecified atom stereocenters. The molecule has 0 aromatic rings. The van der Waals surface area contributed by atoms with E-state index in [2.05, 4.69) is 18.9 Å². The molecule has 1 saturated carbocycles. The van der Waals surface area contributed by atoms with Crippen LogP contribution in [0, 0.1) is 11.8 Å².